The number of carbonyl (C=O) groups excluding carboxylic acids is 1. The van der Waals surface area contributed by atoms with Gasteiger partial charge in [0.05, 0.1) is 10.6 Å². The fourth-order valence-electron chi connectivity index (χ4n) is 2.80. The van der Waals surface area contributed by atoms with E-state index in [4.69, 9.17) is 0 Å². The van der Waals surface area contributed by atoms with Gasteiger partial charge in [-0.05, 0) is 50.0 Å². The summed E-state index contributed by atoms with van der Waals surface area (Å²) in [5.74, 6) is -0.638. The second-order valence-corrected chi connectivity index (χ2v) is 7.92. The molecule has 0 bridgehead atoms. The normalized spacial score (nSPS) is 16.3. The van der Waals surface area contributed by atoms with E-state index in [1.54, 1.807) is 0 Å². The first-order chi connectivity index (χ1) is 11.3. The van der Waals surface area contributed by atoms with Crippen LogP contribution < -0.4 is 10.6 Å². The molecule has 2 N–H and O–H groups in total. The number of sulfonamides is 1. The van der Waals surface area contributed by atoms with Crippen molar-refractivity contribution in [2.45, 2.75) is 31.6 Å². The van der Waals surface area contributed by atoms with E-state index in [1.807, 2.05) is 6.92 Å². The van der Waals surface area contributed by atoms with E-state index < -0.39 is 21.7 Å². The minimum absolute atomic E-state index is 0. The molecule has 0 unspecified atom stereocenters. The van der Waals surface area contributed by atoms with Crippen molar-refractivity contribution in [3.8, 4) is 0 Å². The standard InChI is InChI=1S/C16H24FN3O3S.ClH/c1-3-18-11-13-6-8-20(9-7-13)24(22,23)14-4-5-15(17)16(10-14)19-12(2)21;/h4-5,10,13,18H,3,6-9,11H2,1-2H3,(H,19,21);1H. The lowest BCUT2D eigenvalue weighted by atomic mass is 9.98. The predicted molar refractivity (Wildman–Crippen MR) is 98.0 cm³/mol. The van der Waals surface area contributed by atoms with E-state index in [1.165, 1.54) is 23.4 Å². The number of halogens is 2. The minimum atomic E-state index is -3.69. The van der Waals surface area contributed by atoms with Crippen molar-refractivity contribution in [1.29, 1.82) is 0 Å². The summed E-state index contributed by atoms with van der Waals surface area (Å²) in [7, 11) is -3.69. The maximum atomic E-state index is 13.7. The van der Waals surface area contributed by atoms with Crippen LogP contribution in [0.25, 0.3) is 0 Å². The first-order valence-corrected chi connectivity index (χ1v) is 9.56. The Hall–Kier alpha value is -1.22. The molecule has 0 radical (unpaired) electrons. The Kier molecular flexibility index (Phi) is 8.27. The van der Waals surface area contributed by atoms with Gasteiger partial charge in [0.25, 0.3) is 0 Å². The van der Waals surface area contributed by atoms with Crippen LogP contribution in [0, 0.1) is 11.7 Å². The lowest BCUT2D eigenvalue weighted by Crippen LogP contribution is -2.40. The van der Waals surface area contributed by atoms with Crippen LogP contribution >= 0.6 is 12.4 Å². The number of amides is 1. The number of nitrogens with zero attached hydrogens (tertiary/aromatic N) is 1. The molecule has 0 aromatic heterocycles. The average molecular weight is 394 g/mol. The molecule has 1 fully saturated rings. The molecule has 0 aliphatic carbocycles. The van der Waals surface area contributed by atoms with Crippen molar-refractivity contribution in [3.05, 3.63) is 24.0 Å². The Labute approximate surface area is 154 Å². The molecule has 142 valence electrons. The molecule has 25 heavy (non-hydrogen) atoms. The van der Waals surface area contributed by atoms with Gasteiger partial charge < -0.3 is 10.6 Å². The Balaban J connectivity index is 0.00000312. The highest BCUT2D eigenvalue weighted by Crippen LogP contribution is 2.26. The van der Waals surface area contributed by atoms with Crippen molar-refractivity contribution in [2.75, 3.05) is 31.5 Å². The van der Waals surface area contributed by atoms with Crippen LogP contribution in [0.4, 0.5) is 10.1 Å². The summed E-state index contributed by atoms with van der Waals surface area (Å²) in [5.41, 5.74) is -0.120. The van der Waals surface area contributed by atoms with Gasteiger partial charge in [0.2, 0.25) is 15.9 Å². The lowest BCUT2D eigenvalue weighted by molar-refractivity contribution is -0.114. The van der Waals surface area contributed by atoms with Crippen molar-refractivity contribution < 1.29 is 17.6 Å². The van der Waals surface area contributed by atoms with Gasteiger partial charge in [-0.15, -0.1) is 12.4 Å². The molecule has 6 nitrogen and oxygen atoms in total. The summed E-state index contributed by atoms with van der Waals surface area (Å²) in [6, 6.07) is 3.48. The Bertz CT molecular complexity index is 692. The van der Waals surface area contributed by atoms with E-state index in [2.05, 4.69) is 10.6 Å². The number of benzene rings is 1. The summed E-state index contributed by atoms with van der Waals surface area (Å²) in [4.78, 5) is 11.1. The van der Waals surface area contributed by atoms with Gasteiger partial charge in [-0.2, -0.15) is 4.31 Å². The fourth-order valence-corrected chi connectivity index (χ4v) is 4.30. The Morgan fingerprint density at radius 3 is 2.52 bits per heavy atom. The SMILES string of the molecule is CCNCC1CCN(S(=O)(=O)c2ccc(F)c(NC(C)=O)c2)CC1.Cl. The molecular formula is C16H25ClFN3O3S. The van der Waals surface area contributed by atoms with Crippen molar-refractivity contribution in [2.24, 2.45) is 5.92 Å². The van der Waals surface area contributed by atoms with E-state index in [0.717, 1.165) is 32.0 Å². The topological polar surface area (TPSA) is 78.5 Å². The summed E-state index contributed by atoms with van der Waals surface area (Å²) in [6.07, 6.45) is 1.60. The highest BCUT2D eigenvalue weighted by Gasteiger charge is 2.29. The predicted octanol–water partition coefficient (Wildman–Crippen LogP) is 2.22. The Morgan fingerprint density at radius 1 is 1.32 bits per heavy atom. The number of piperidine rings is 1. The number of hydrogen-bond donors (Lipinski definition) is 2. The van der Waals surface area contributed by atoms with Crippen molar-refractivity contribution >= 4 is 34.0 Å². The molecule has 9 heteroatoms. The quantitative estimate of drug-likeness (QED) is 0.776. The third kappa shape index (κ3) is 5.64. The maximum Gasteiger partial charge on any atom is 0.243 e. The molecule has 0 spiro atoms. The van der Waals surface area contributed by atoms with Gasteiger partial charge in [-0.25, -0.2) is 12.8 Å². The highest BCUT2D eigenvalue weighted by atomic mass is 35.5. The Morgan fingerprint density at radius 2 is 1.96 bits per heavy atom. The van der Waals surface area contributed by atoms with Crippen molar-refractivity contribution in [1.82, 2.24) is 9.62 Å². The molecule has 1 heterocycles. The second kappa shape index (κ2) is 9.47. The highest BCUT2D eigenvalue weighted by molar-refractivity contribution is 7.89. The third-order valence-electron chi connectivity index (χ3n) is 4.14. The van der Waals surface area contributed by atoms with E-state index in [0.29, 0.717) is 19.0 Å². The summed E-state index contributed by atoms with van der Waals surface area (Å²) >= 11 is 0. The summed E-state index contributed by atoms with van der Waals surface area (Å²) in [6.45, 7) is 5.99. The van der Waals surface area contributed by atoms with Crippen LogP contribution in [0.5, 0.6) is 0 Å². The zero-order chi connectivity index (χ0) is 17.7. The van der Waals surface area contributed by atoms with Gasteiger partial charge in [-0.1, -0.05) is 6.92 Å². The van der Waals surface area contributed by atoms with Crippen LogP contribution in [0.3, 0.4) is 0 Å². The van der Waals surface area contributed by atoms with Crippen LogP contribution in [-0.2, 0) is 14.8 Å². The molecule has 1 aromatic carbocycles. The van der Waals surface area contributed by atoms with E-state index >= 15 is 0 Å². The van der Waals surface area contributed by atoms with E-state index in [-0.39, 0.29) is 23.0 Å². The van der Waals surface area contributed by atoms with Crippen LogP contribution in [0.2, 0.25) is 0 Å². The summed E-state index contributed by atoms with van der Waals surface area (Å²) in [5, 5.41) is 5.60. The zero-order valence-electron chi connectivity index (χ0n) is 14.4. The van der Waals surface area contributed by atoms with Crippen molar-refractivity contribution in [3.63, 3.8) is 0 Å². The molecule has 2 rings (SSSR count). The van der Waals surface area contributed by atoms with Crippen LogP contribution in [0.15, 0.2) is 23.1 Å². The van der Waals surface area contributed by atoms with E-state index in [9.17, 15) is 17.6 Å². The van der Waals surface area contributed by atoms with Gasteiger partial charge >= 0.3 is 0 Å². The maximum absolute atomic E-state index is 13.7. The molecule has 1 saturated heterocycles. The fraction of sp³-hybridized carbons (Fsp3) is 0.562. The van der Waals surface area contributed by atoms with Gasteiger partial charge in [0.15, 0.2) is 0 Å². The third-order valence-corrected chi connectivity index (χ3v) is 6.04. The largest absolute Gasteiger partial charge is 0.324 e. The number of rotatable bonds is 6. The first-order valence-electron chi connectivity index (χ1n) is 8.12. The number of anilines is 1. The van der Waals surface area contributed by atoms with Gasteiger partial charge in [0, 0.05) is 20.0 Å². The molecule has 1 aliphatic rings. The summed E-state index contributed by atoms with van der Waals surface area (Å²) < 4.78 is 40.6. The number of carbonyl (C=O) groups is 1. The zero-order valence-corrected chi connectivity index (χ0v) is 16.1. The second-order valence-electron chi connectivity index (χ2n) is 5.98. The van der Waals surface area contributed by atoms with Crippen LogP contribution in [-0.4, -0.2) is 44.8 Å². The minimum Gasteiger partial charge on any atom is -0.324 e. The van der Waals surface area contributed by atoms with Gasteiger partial charge in [-0.3, -0.25) is 4.79 Å². The molecule has 0 atom stereocenters. The molecule has 1 amide bonds. The molecular weight excluding hydrogens is 369 g/mol. The monoisotopic (exact) mass is 393 g/mol. The first kappa shape index (κ1) is 21.8. The lowest BCUT2D eigenvalue weighted by Gasteiger charge is -2.31. The number of hydrogen-bond acceptors (Lipinski definition) is 4. The van der Waals surface area contributed by atoms with Gasteiger partial charge in [0.1, 0.15) is 5.82 Å². The molecule has 0 saturated carbocycles. The molecule has 1 aliphatic heterocycles. The van der Waals surface area contributed by atoms with Crippen LogP contribution in [0.1, 0.15) is 26.7 Å². The average Bonchev–Trinajstić information content (AvgIpc) is 2.54. The number of nitrogens with one attached hydrogen (secondary N) is 2. The smallest absolute Gasteiger partial charge is 0.243 e. The molecule has 1 aromatic rings.